The number of piperazine rings is 1. The Labute approximate surface area is 150 Å². The van der Waals surface area contributed by atoms with Crippen molar-refractivity contribution in [1.29, 1.82) is 0 Å². The molecule has 1 saturated heterocycles. The fourth-order valence-corrected chi connectivity index (χ4v) is 5.54. The second-order valence-corrected chi connectivity index (χ2v) is 9.62. The van der Waals surface area contributed by atoms with E-state index >= 15 is 0 Å². The molecule has 6 heteroatoms. The van der Waals surface area contributed by atoms with Crippen LogP contribution in [0.5, 0.6) is 0 Å². The van der Waals surface area contributed by atoms with Crippen molar-refractivity contribution in [3.8, 4) is 0 Å². The van der Waals surface area contributed by atoms with E-state index in [9.17, 15) is 13.2 Å². The van der Waals surface area contributed by atoms with Crippen LogP contribution in [0.15, 0.2) is 23.1 Å². The van der Waals surface area contributed by atoms with E-state index in [1.165, 1.54) is 21.9 Å². The molecule has 4 rings (SSSR count). The van der Waals surface area contributed by atoms with E-state index in [4.69, 9.17) is 0 Å². The number of benzene rings is 1. The average molecular weight is 362 g/mol. The van der Waals surface area contributed by atoms with Crippen LogP contribution in [0.25, 0.3) is 0 Å². The first-order chi connectivity index (χ1) is 12.0. The van der Waals surface area contributed by atoms with Gasteiger partial charge in [-0.15, -0.1) is 0 Å². The molecule has 25 heavy (non-hydrogen) atoms. The maximum atomic E-state index is 13.0. The van der Waals surface area contributed by atoms with Gasteiger partial charge in [0.2, 0.25) is 15.9 Å². The van der Waals surface area contributed by atoms with Gasteiger partial charge in [-0.2, -0.15) is 4.31 Å². The minimum Gasteiger partial charge on any atom is -0.340 e. The summed E-state index contributed by atoms with van der Waals surface area (Å²) in [6.07, 6.45) is 5.33. The van der Waals surface area contributed by atoms with Gasteiger partial charge in [0.15, 0.2) is 0 Å². The minimum atomic E-state index is -3.46. The van der Waals surface area contributed by atoms with Gasteiger partial charge in [0, 0.05) is 32.1 Å². The van der Waals surface area contributed by atoms with Gasteiger partial charge in [-0.1, -0.05) is 13.0 Å². The lowest BCUT2D eigenvalue weighted by molar-refractivity contribution is -0.134. The van der Waals surface area contributed by atoms with Gasteiger partial charge in [0.1, 0.15) is 0 Å². The zero-order valence-corrected chi connectivity index (χ0v) is 15.6. The Morgan fingerprint density at radius 2 is 1.68 bits per heavy atom. The number of fused-ring (bicyclic) bond motifs is 1. The maximum Gasteiger partial charge on any atom is 0.243 e. The lowest BCUT2D eigenvalue weighted by Crippen LogP contribution is -2.51. The van der Waals surface area contributed by atoms with Crippen molar-refractivity contribution in [1.82, 2.24) is 9.21 Å². The molecule has 0 aromatic heterocycles. The van der Waals surface area contributed by atoms with Crippen molar-refractivity contribution in [2.45, 2.75) is 43.9 Å². The molecule has 1 aromatic carbocycles. The van der Waals surface area contributed by atoms with Crippen molar-refractivity contribution in [2.24, 2.45) is 11.8 Å². The van der Waals surface area contributed by atoms with Crippen LogP contribution < -0.4 is 0 Å². The number of aryl methyl sites for hydroxylation is 2. The third-order valence-electron chi connectivity index (χ3n) is 5.93. The molecule has 1 heterocycles. The van der Waals surface area contributed by atoms with Gasteiger partial charge in [0.05, 0.1) is 4.90 Å². The second kappa shape index (κ2) is 6.40. The van der Waals surface area contributed by atoms with Crippen molar-refractivity contribution >= 4 is 15.9 Å². The molecule has 1 saturated carbocycles. The van der Waals surface area contributed by atoms with Crippen molar-refractivity contribution in [2.75, 3.05) is 26.2 Å². The van der Waals surface area contributed by atoms with Gasteiger partial charge in [-0.3, -0.25) is 4.79 Å². The summed E-state index contributed by atoms with van der Waals surface area (Å²) in [6.45, 7) is 3.90. The van der Waals surface area contributed by atoms with Crippen LogP contribution in [-0.2, 0) is 27.7 Å². The van der Waals surface area contributed by atoms with Gasteiger partial charge in [-0.25, -0.2) is 8.42 Å². The minimum absolute atomic E-state index is 0.170. The molecule has 2 aliphatic carbocycles. The molecule has 136 valence electrons. The Hall–Kier alpha value is -1.40. The van der Waals surface area contributed by atoms with E-state index < -0.39 is 10.0 Å². The number of nitrogens with zero attached hydrogens (tertiary/aromatic N) is 2. The standard InChI is InChI=1S/C19H26N2O3S/c1-14-12-18(14)19(22)20-8-10-21(11-9-20)25(23,24)17-7-6-15-4-2-3-5-16(15)13-17/h6-7,13-14,18H,2-5,8-12H2,1H3/t14-,18+/m0/s1. The first kappa shape index (κ1) is 17.0. The van der Waals surface area contributed by atoms with Crippen LogP contribution in [0.3, 0.4) is 0 Å². The van der Waals surface area contributed by atoms with Crippen LogP contribution in [0, 0.1) is 11.8 Å². The van der Waals surface area contributed by atoms with Crippen LogP contribution in [0.2, 0.25) is 0 Å². The topological polar surface area (TPSA) is 57.7 Å². The number of hydrogen-bond donors (Lipinski definition) is 0. The quantitative estimate of drug-likeness (QED) is 0.827. The van der Waals surface area contributed by atoms with Crippen LogP contribution in [0.4, 0.5) is 0 Å². The molecular weight excluding hydrogens is 336 g/mol. The van der Waals surface area contributed by atoms with E-state index in [-0.39, 0.29) is 11.8 Å². The summed E-state index contributed by atoms with van der Waals surface area (Å²) < 4.78 is 27.5. The smallest absolute Gasteiger partial charge is 0.243 e. The molecule has 2 atom stereocenters. The lowest BCUT2D eigenvalue weighted by Gasteiger charge is -2.34. The Morgan fingerprint density at radius 1 is 1.04 bits per heavy atom. The number of carbonyl (C=O) groups excluding carboxylic acids is 1. The van der Waals surface area contributed by atoms with E-state index in [0.717, 1.165) is 25.7 Å². The molecule has 1 aliphatic heterocycles. The fourth-order valence-electron chi connectivity index (χ4n) is 4.07. The van der Waals surface area contributed by atoms with Gasteiger partial charge in [0.25, 0.3) is 0 Å². The molecular formula is C19H26N2O3S. The van der Waals surface area contributed by atoms with Crippen LogP contribution in [-0.4, -0.2) is 49.7 Å². The normalized spacial score (nSPS) is 27.0. The molecule has 3 aliphatic rings. The van der Waals surface area contributed by atoms with Crippen molar-refractivity contribution in [3.63, 3.8) is 0 Å². The van der Waals surface area contributed by atoms with Gasteiger partial charge in [-0.05, 0) is 61.3 Å². The zero-order chi connectivity index (χ0) is 17.6. The fraction of sp³-hybridized carbons (Fsp3) is 0.632. The first-order valence-electron chi connectivity index (χ1n) is 9.37. The highest BCUT2D eigenvalue weighted by Gasteiger charge is 2.42. The molecule has 0 N–H and O–H groups in total. The highest BCUT2D eigenvalue weighted by molar-refractivity contribution is 7.89. The molecule has 5 nitrogen and oxygen atoms in total. The summed E-state index contributed by atoms with van der Waals surface area (Å²) in [7, 11) is -3.46. The maximum absolute atomic E-state index is 13.0. The number of rotatable bonds is 3. The third-order valence-corrected chi connectivity index (χ3v) is 7.83. The zero-order valence-electron chi connectivity index (χ0n) is 14.8. The van der Waals surface area contributed by atoms with Crippen LogP contribution >= 0.6 is 0 Å². The van der Waals surface area contributed by atoms with Crippen molar-refractivity contribution < 1.29 is 13.2 Å². The van der Waals surface area contributed by atoms with E-state index in [0.29, 0.717) is 37.0 Å². The molecule has 0 spiro atoms. The Kier molecular flexibility index (Phi) is 4.36. The van der Waals surface area contributed by atoms with Gasteiger partial charge >= 0.3 is 0 Å². The van der Waals surface area contributed by atoms with Crippen molar-refractivity contribution in [3.05, 3.63) is 29.3 Å². The summed E-state index contributed by atoms with van der Waals surface area (Å²) in [4.78, 5) is 14.6. The first-order valence-corrected chi connectivity index (χ1v) is 10.8. The highest BCUT2D eigenvalue weighted by atomic mass is 32.2. The third kappa shape index (κ3) is 3.22. The molecule has 0 bridgehead atoms. The highest BCUT2D eigenvalue weighted by Crippen LogP contribution is 2.39. The monoisotopic (exact) mass is 362 g/mol. The summed E-state index contributed by atoms with van der Waals surface area (Å²) >= 11 is 0. The number of amides is 1. The number of carbonyl (C=O) groups is 1. The summed E-state index contributed by atoms with van der Waals surface area (Å²) in [6, 6.07) is 5.60. The van der Waals surface area contributed by atoms with Crippen LogP contribution in [0.1, 0.15) is 37.3 Å². The number of sulfonamides is 1. The summed E-state index contributed by atoms with van der Waals surface area (Å²) in [5.74, 6) is 0.867. The Morgan fingerprint density at radius 3 is 2.32 bits per heavy atom. The van der Waals surface area contributed by atoms with E-state index in [1.54, 1.807) is 6.07 Å². The second-order valence-electron chi connectivity index (χ2n) is 7.69. The predicted octanol–water partition coefficient (Wildman–Crippen LogP) is 2.05. The van der Waals surface area contributed by atoms with E-state index in [1.807, 2.05) is 17.0 Å². The Bertz CT molecular complexity index is 782. The Balaban J connectivity index is 1.45. The molecule has 1 amide bonds. The molecule has 0 unspecified atom stereocenters. The number of hydrogen-bond acceptors (Lipinski definition) is 3. The largest absolute Gasteiger partial charge is 0.340 e. The average Bonchev–Trinajstić information content (AvgIpc) is 3.37. The molecule has 1 aromatic rings. The predicted molar refractivity (Wildman–Crippen MR) is 95.7 cm³/mol. The molecule has 0 radical (unpaired) electrons. The van der Waals surface area contributed by atoms with Gasteiger partial charge < -0.3 is 4.90 Å². The molecule has 2 fully saturated rings. The lowest BCUT2D eigenvalue weighted by atomic mass is 9.92. The summed E-state index contributed by atoms with van der Waals surface area (Å²) in [5, 5.41) is 0. The SMILES string of the molecule is C[C@H]1C[C@H]1C(=O)N1CCN(S(=O)(=O)c2ccc3c(c2)CCCC3)CC1. The summed E-state index contributed by atoms with van der Waals surface area (Å²) in [5.41, 5.74) is 2.48. The van der Waals surface area contributed by atoms with E-state index in [2.05, 4.69) is 6.92 Å².